The highest BCUT2D eigenvalue weighted by atomic mass is 16.5. The van der Waals surface area contributed by atoms with Gasteiger partial charge in [-0.15, -0.1) is 0 Å². The molecule has 0 aromatic rings. The predicted molar refractivity (Wildman–Crippen MR) is 114 cm³/mol. The number of rotatable bonds is 15. The van der Waals surface area contributed by atoms with Gasteiger partial charge < -0.3 is 9.84 Å². The molecule has 1 aliphatic rings. The van der Waals surface area contributed by atoms with E-state index in [2.05, 4.69) is 20.8 Å². The van der Waals surface area contributed by atoms with Crippen LogP contribution in [0.2, 0.25) is 0 Å². The van der Waals surface area contributed by atoms with Crippen LogP contribution in [0.5, 0.6) is 0 Å². The Balaban J connectivity index is 2.09. The first-order valence-corrected chi connectivity index (χ1v) is 11.9. The standard InChI is InChI=1S/C24H44O4/c1-4-22(17-12-10-8-6-5-7-9-11-14-19(2)3)28-24(27)21-16-13-15-20(18-21)23(25)26/h19-22H,4-18H2,1-3H3,(H,25,26). The van der Waals surface area contributed by atoms with Gasteiger partial charge in [0, 0.05) is 0 Å². The molecule has 0 aliphatic heterocycles. The number of ether oxygens (including phenoxy) is 1. The highest BCUT2D eigenvalue weighted by Crippen LogP contribution is 2.30. The summed E-state index contributed by atoms with van der Waals surface area (Å²) in [4.78, 5) is 23.6. The van der Waals surface area contributed by atoms with Crippen molar-refractivity contribution in [2.45, 2.75) is 123 Å². The van der Waals surface area contributed by atoms with E-state index in [0.29, 0.717) is 12.8 Å². The Labute approximate surface area is 172 Å². The Morgan fingerprint density at radius 2 is 1.43 bits per heavy atom. The molecule has 0 spiro atoms. The molecule has 3 atom stereocenters. The lowest BCUT2D eigenvalue weighted by Gasteiger charge is -2.27. The Kier molecular flexibility index (Phi) is 13.3. The average Bonchev–Trinajstić information content (AvgIpc) is 2.68. The summed E-state index contributed by atoms with van der Waals surface area (Å²) in [6.45, 7) is 6.65. The summed E-state index contributed by atoms with van der Waals surface area (Å²) in [6.07, 6.45) is 16.2. The SMILES string of the molecule is CCC(CCCCCCCCCCC(C)C)OC(=O)C1CCCC(C(=O)O)C1. The second kappa shape index (κ2) is 14.9. The van der Waals surface area contributed by atoms with Crippen molar-refractivity contribution in [1.82, 2.24) is 0 Å². The molecule has 1 fully saturated rings. The van der Waals surface area contributed by atoms with Crippen LogP contribution in [0.25, 0.3) is 0 Å². The first-order valence-electron chi connectivity index (χ1n) is 11.9. The van der Waals surface area contributed by atoms with Gasteiger partial charge in [-0.1, -0.05) is 78.6 Å². The molecule has 0 amide bonds. The van der Waals surface area contributed by atoms with Gasteiger partial charge in [0.2, 0.25) is 0 Å². The van der Waals surface area contributed by atoms with E-state index in [0.717, 1.165) is 38.0 Å². The van der Waals surface area contributed by atoms with E-state index in [1.165, 1.54) is 51.4 Å². The molecular weight excluding hydrogens is 352 g/mol. The molecule has 4 heteroatoms. The van der Waals surface area contributed by atoms with Crippen LogP contribution in [0, 0.1) is 17.8 Å². The van der Waals surface area contributed by atoms with Crippen LogP contribution < -0.4 is 0 Å². The van der Waals surface area contributed by atoms with Crippen LogP contribution in [-0.4, -0.2) is 23.1 Å². The zero-order chi connectivity index (χ0) is 20.8. The largest absolute Gasteiger partial charge is 0.481 e. The van der Waals surface area contributed by atoms with Crippen molar-refractivity contribution >= 4 is 11.9 Å². The highest BCUT2D eigenvalue weighted by Gasteiger charge is 2.32. The lowest BCUT2D eigenvalue weighted by atomic mass is 9.81. The molecule has 3 unspecified atom stereocenters. The smallest absolute Gasteiger partial charge is 0.309 e. The molecule has 0 aromatic heterocycles. The van der Waals surface area contributed by atoms with Crippen LogP contribution >= 0.6 is 0 Å². The Morgan fingerprint density at radius 1 is 0.893 bits per heavy atom. The maximum absolute atomic E-state index is 12.4. The van der Waals surface area contributed by atoms with Crippen molar-refractivity contribution in [3.05, 3.63) is 0 Å². The third-order valence-electron chi connectivity index (χ3n) is 6.15. The number of hydrogen-bond acceptors (Lipinski definition) is 3. The fraction of sp³-hybridized carbons (Fsp3) is 0.917. The lowest BCUT2D eigenvalue weighted by Crippen LogP contribution is -2.30. The molecule has 1 aliphatic carbocycles. The van der Waals surface area contributed by atoms with Crippen LogP contribution in [0.1, 0.15) is 117 Å². The Bertz CT molecular complexity index is 432. The van der Waals surface area contributed by atoms with Gasteiger partial charge >= 0.3 is 11.9 Å². The van der Waals surface area contributed by atoms with Gasteiger partial charge in [-0.3, -0.25) is 9.59 Å². The molecular formula is C24H44O4. The number of unbranched alkanes of at least 4 members (excludes halogenated alkanes) is 7. The van der Waals surface area contributed by atoms with Gasteiger partial charge in [0.05, 0.1) is 11.8 Å². The first-order chi connectivity index (χ1) is 13.4. The van der Waals surface area contributed by atoms with Crippen molar-refractivity contribution in [3.63, 3.8) is 0 Å². The molecule has 164 valence electrons. The summed E-state index contributed by atoms with van der Waals surface area (Å²) < 4.78 is 5.73. The van der Waals surface area contributed by atoms with Crippen molar-refractivity contribution in [2.75, 3.05) is 0 Å². The lowest BCUT2D eigenvalue weighted by molar-refractivity contribution is -0.157. The van der Waals surface area contributed by atoms with E-state index >= 15 is 0 Å². The third-order valence-corrected chi connectivity index (χ3v) is 6.15. The number of aliphatic carboxylic acids is 1. The number of carboxylic acid groups (broad SMARTS) is 1. The van der Waals surface area contributed by atoms with E-state index in [-0.39, 0.29) is 23.9 Å². The summed E-state index contributed by atoms with van der Waals surface area (Å²) in [5.41, 5.74) is 0. The maximum Gasteiger partial charge on any atom is 0.309 e. The fourth-order valence-corrected chi connectivity index (χ4v) is 4.22. The molecule has 0 radical (unpaired) electrons. The quantitative estimate of drug-likeness (QED) is 0.245. The zero-order valence-corrected chi connectivity index (χ0v) is 18.6. The monoisotopic (exact) mass is 396 g/mol. The summed E-state index contributed by atoms with van der Waals surface area (Å²) >= 11 is 0. The molecule has 28 heavy (non-hydrogen) atoms. The molecule has 0 aromatic carbocycles. The van der Waals surface area contributed by atoms with Crippen LogP contribution in [0.15, 0.2) is 0 Å². The minimum absolute atomic E-state index is 0.00580. The normalized spacial score (nSPS) is 20.9. The molecule has 0 heterocycles. The third kappa shape index (κ3) is 11.1. The molecule has 0 bridgehead atoms. The summed E-state index contributed by atoms with van der Waals surface area (Å²) in [7, 11) is 0. The Morgan fingerprint density at radius 3 is 1.96 bits per heavy atom. The minimum Gasteiger partial charge on any atom is -0.481 e. The second-order valence-corrected chi connectivity index (χ2v) is 9.17. The number of carbonyl (C=O) groups is 2. The topological polar surface area (TPSA) is 63.6 Å². The van der Waals surface area contributed by atoms with E-state index in [1.807, 2.05) is 0 Å². The average molecular weight is 397 g/mol. The molecule has 1 saturated carbocycles. The highest BCUT2D eigenvalue weighted by molar-refractivity contribution is 5.75. The molecule has 1 N–H and O–H groups in total. The maximum atomic E-state index is 12.4. The summed E-state index contributed by atoms with van der Waals surface area (Å²) in [6, 6.07) is 0. The minimum atomic E-state index is -0.774. The van der Waals surface area contributed by atoms with Crippen LogP contribution in [-0.2, 0) is 14.3 Å². The summed E-state index contributed by atoms with van der Waals surface area (Å²) in [5.74, 6) is -0.711. The molecule has 0 saturated heterocycles. The van der Waals surface area contributed by atoms with Gasteiger partial charge in [0.1, 0.15) is 6.10 Å². The van der Waals surface area contributed by atoms with E-state index < -0.39 is 5.97 Å². The number of carboxylic acids is 1. The van der Waals surface area contributed by atoms with E-state index in [1.54, 1.807) is 0 Å². The predicted octanol–water partition coefficient (Wildman–Crippen LogP) is 6.76. The Hall–Kier alpha value is -1.06. The van der Waals surface area contributed by atoms with Crippen molar-refractivity contribution < 1.29 is 19.4 Å². The van der Waals surface area contributed by atoms with E-state index in [9.17, 15) is 14.7 Å². The van der Waals surface area contributed by atoms with Gasteiger partial charge in [0.15, 0.2) is 0 Å². The number of esters is 1. The molecule has 4 nitrogen and oxygen atoms in total. The zero-order valence-electron chi connectivity index (χ0n) is 18.6. The van der Waals surface area contributed by atoms with E-state index in [4.69, 9.17) is 4.74 Å². The number of hydrogen-bond donors (Lipinski definition) is 1. The second-order valence-electron chi connectivity index (χ2n) is 9.17. The van der Waals surface area contributed by atoms with Crippen molar-refractivity contribution in [1.29, 1.82) is 0 Å². The van der Waals surface area contributed by atoms with Gasteiger partial charge in [0.25, 0.3) is 0 Å². The fourth-order valence-electron chi connectivity index (χ4n) is 4.22. The van der Waals surface area contributed by atoms with Crippen molar-refractivity contribution in [2.24, 2.45) is 17.8 Å². The van der Waals surface area contributed by atoms with Crippen molar-refractivity contribution in [3.8, 4) is 0 Å². The van der Waals surface area contributed by atoms with Gasteiger partial charge in [-0.25, -0.2) is 0 Å². The van der Waals surface area contributed by atoms with Crippen LogP contribution in [0.4, 0.5) is 0 Å². The van der Waals surface area contributed by atoms with Gasteiger partial charge in [-0.05, 0) is 44.4 Å². The number of carbonyl (C=O) groups excluding carboxylic acids is 1. The van der Waals surface area contributed by atoms with Crippen LogP contribution in [0.3, 0.4) is 0 Å². The first kappa shape index (κ1) is 25.0. The summed E-state index contributed by atoms with van der Waals surface area (Å²) in [5, 5.41) is 9.18. The molecule has 1 rings (SSSR count). The van der Waals surface area contributed by atoms with Gasteiger partial charge in [-0.2, -0.15) is 0 Å².